The lowest BCUT2D eigenvalue weighted by atomic mass is 10.3. The minimum atomic E-state index is -0.0273. The van der Waals surface area contributed by atoms with Crippen LogP contribution in [-0.4, -0.2) is 27.9 Å². The summed E-state index contributed by atoms with van der Waals surface area (Å²) in [5.41, 5.74) is 0.849. The van der Waals surface area contributed by atoms with Crippen LogP contribution in [0.3, 0.4) is 0 Å². The maximum absolute atomic E-state index is 8.63. The summed E-state index contributed by atoms with van der Waals surface area (Å²) < 4.78 is 0. The minimum absolute atomic E-state index is 0.0273. The van der Waals surface area contributed by atoms with Gasteiger partial charge in [-0.1, -0.05) is 0 Å². The van der Waals surface area contributed by atoms with Crippen LogP contribution in [0, 0.1) is 11.3 Å². The fourth-order valence-electron chi connectivity index (χ4n) is 1.05. The zero-order valence-electron chi connectivity index (χ0n) is 6.97. The smallest absolute Gasteiger partial charge is 0.255 e. The molecule has 7 nitrogen and oxygen atoms in total. The van der Waals surface area contributed by atoms with Gasteiger partial charge in [0.15, 0.2) is 11.5 Å². The molecule has 3 N–H and O–H groups in total. The number of hydrazine groups is 1. The SMILES string of the molecule is [B]N(N)c1nc(C#N)nc2nc[nH]c12. The fraction of sp³-hybridized carbons (Fsp3) is 0. The molecule has 2 aromatic rings. The van der Waals surface area contributed by atoms with Gasteiger partial charge < -0.3 is 9.90 Å². The number of imidazole rings is 1. The zero-order valence-corrected chi connectivity index (χ0v) is 6.97. The molecule has 66 valence electrons. The minimum Gasteiger partial charge on any atom is -0.352 e. The number of aromatic nitrogens is 4. The Bertz CT molecular complexity index is 510. The second-order valence-corrected chi connectivity index (χ2v) is 2.49. The van der Waals surface area contributed by atoms with Gasteiger partial charge in [-0.15, -0.1) is 0 Å². The molecule has 0 aliphatic rings. The monoisotopic (exact) mass is 185 g/mol. The predicted octanol–water partition coefficient (Wildman–Crippen LogP) is -1.01. The third-order valence-corrected chi connectivity index (χ3v) is 1.61. The number of nitrogens with one attached hydrogen (secondary N) is 1. The molecule has 2 rings (SSSR count). The van der Waals surface area contributed by atoms with E-state index in [0.29, 0.717) is 11.2 Å². The van der Waals surface area contributed by atoms with Crippen LogP contribution in [0.1, 0.15) is 5.82 Å². The molecule has 0 spiro atoms. The van der Waals surface area contributed by atoms with E-state index >= 15 is 0 Å². The van der Waals surface area contributed by atoms with E-state index in [1.807, 2.05) is 0 Å². The van der Waals surface area contributed by atoms with Gasteiger partial charge in [0.25, 0.3) is 7.98 Å². The summed E-state index contributed by atoms with van der Waals surface area (Å²) in [6.07, 6.45) is 1.42. The van der Waals surface area contributed by atoms with Crippen molar-refractivity contribution in [2.45, 2.75) is 0 Å². The molecule has 0 aliphatic carbocycles. The molecule has 14 heavy (non-hydrogen) atoms. The van der Waals surface area contributed by atoms with E-state index < -0.39 is 0 Å². The number of H-pyrrole nitrogens is 1. The second kappa shape index (κ2) is 2.97. The van der Waals surface area contributed by atoms with Crippen LogP contribution in [0.15, 0.2) is 6.33 Å². The third-order valence-electron chi connectivity index (χ3n) is 1.61. The van der Waals surface area contributed by atoms with Crippen LogP contribution in [0.4, 0.5) is 5.82 Å². The van der Waals surface area contributed by atoms with E-state index in [1.54, 1.807) is 6.07 Å². The molecular weight excluding hydrogens is 181 g/mol. The quantitative estimate of drug-likeness (QED) is 0.334. The molecule has 0 aliphatic heterocycles. The highest BCUT2D eigenvalue weighted by Crippen LogP contribution is 2.16. The van der Waals surface area contributed by atoms with Crippen molar-refractivity contribution in [3.05, 3.63) is 12.2 Å². The Morgan fingerprint density at radius 1 is 1.57 bits per heavy atom. The summed E-state index contributed by atoms with van der Waals surface area (Å²) >= 11 is 0. The normalized spacial score (nSPS) is 10.0. The van der Waals surface area contributed by atoms with Crippen molar-refractivity contribution in [2.75, 3.05) is 4.92 Å². The number of hydrogen-bond donors (Lipinski definition) is 2. The maximum atomic E-state index is 8.63. The van der Waals surface area contributed by atoms with Crippen LogP contribution in [0.2, 0.25) is 0 Å². The first-order valence-electron chi connectivity index (χ1n) is 3.63. The fourth-order valence-corrected chi connectivity index (χ4v) is 1.05. The summed E-state index contributed by atoms with van der Waals surface area (Å²) in [5.74, 6) is 5.52. The lowest BCUT2D eigenvalue weighted by Crippen LogP contribution is -2.28. The molecule has 0 atom stereocenters. The standard InChI is InChI=1S/C6H4BN7/c7-14(9)6-4-5(11-2-10-4)12-3(1-8)13-6/h2H,9H2,(H,10,11,12,13). The topological polar surface area (TPSA) is 108 Å². The largest absolute Gasteiger partial charge is 0.352 e. The van der Waals surface area contributed by atoms with Crippen LogP contribution in [0.5, 0.6) is 0 Å². The van der Waals surface area contributed by atoms with Crippen molar-refractivity contribution in [1.29, 1.82) is 5.26 Å². The summed E-state index contributed by atoms with van der Waals surface area (Å²) in [6, 6.07) is 1.79. The Morgan fingerprint density at radius 3 is 3.00 bits per heavy atom. The van der Waals surface area contributed by atoms with Gasteiger partial charge in [0.05, 0.1) is 6.33 Å². The number of hydrogen-bond acceptors (Lipinski definition) is 6. The molecule has 0 saturated carbocycles. The molecule has 0 amide bonds. The average Bonchev–Trinajstić information content (AvgIpc) is 2.63. The van der Waals surface area contributed by atoms with Gasteiger partial charge in [0.2, 0.25) is 5.82 Å². The molecule has 2 aromatic heterocycles. The molecule has 0 unspecified atom stereocenters. The molecule has 0 saturated heterocycles. The van der Waals surface area contributed by atoms with Gasteiger partial charge in [-0.3, -0.25) is 5.84 Å². The number of rotatable bonds is 1. The molecule has 0 aromatic carbocycles. The van der Waals surface area contributed by atoms with Crippen LogP contribution >= 0.6 is 0 Å². The van der Waals surface area contributed by atoms with Gasteiger partial charge in [0.1, 0.15) is 11.6 Å². The molecule has 2 heterocycles. The summed E-state index contributed by atoms with van der Waals surface area (Å²) in [7, 11) is 5.33. The first kappa shape index (κ1) is 8.46. The number of anilines is 1. The molecule has 8 heteroatoms. The Hall–Kier alpha value is -2.14. The third kappa shape index (κ3) is 1.16. The Balaban J connectivity index is 2.78. The van der Waals surface area contributed by atoms with Crippen molar-refractivity contribution in [3.63, 3.8) is 0 Å². The Labute approximate surface area is 80.0 Å². The van der Waals surface area contributed by atoms with Crippen molar-refractivity contribution in [2.24, 2.45) is 5.84 Å². The number of nitrogens with two attached hydrogens (primary N) is 1. The van der Waals surface area contributed by atoms with E-state index in [9.17, 15) is 0 Å². The highest BCUT2D eigenvalue weighted by atomic mass is 15.4. The highest BCUT2D eigenvalue weighted by Gasteiger charge is 2.10. The van der Waals surface area contributed by atoms with Crippen molar-refractivity contribution in [1.82, 2.24) is 19.9 Å². The van der Waals surface area contributed by atoms with E-state index in [4.69, 9.17) is 19.1 Å². The molecule has 0 fully saturated rings. The van der Waals surface area contributed by atoms with Crippen molar-refractivity contribution in [3.8, 4) is 6.07 Å². The summed E-state index contributed by atoms with van der Waals surface area (Å²) in [5, 5.41) is 8.63. The van der Waals surface area contributed by atoms with Crippen LogP contribution < -0.4 is 10.8 Å². The number of aromatic amines is 1. The average molecular weight is 185 g/mol. The number of fused-ring (bicyclic) bond motifs is 1. The second-order valence-electron chi connectivity index (χ2n) is 2.49. The van der Waals surface area contributed by atoms with Crippen LogP contribution in [0.25, 0.3) is 11.2 Å². The first-order valence-corrected chi connectivity index (χ1v) is 3.63. The lowest BCUT2D eigenvalue weighted by molar-refractivity contribution is 1.07. The summed E-state index contributed by atoms with van der Waals surface area (Å²) in [4.78, 5) is 15.1. The molecule has 0 bridgehead atoms. The maximum Gasteiger partial charge on any atom is 0.255 e. The molecule has 2 radical (unpaired) electrons. The van der Waals surface area contributed by atoms with Crippen molar-refractivity contribution < 1.29 is 0 Å². The Morgan fingerprint density at radius 2 is 2.36 bits per heavy atom. The van der Waals surface area contributed by atoms with Crippen LogP contribution in [-0.2, 0) is 0 Å². The Kier molecular flexibility index (Phi) is 1.80. The number of nitrogens with zero attached hydrogens (tertiary/aromatic N) is 5. The van der Waals surface area contributed by atoms with Gasteiger partial charge in [-0.05, 0) is 0 Å². The highest BCUT2D eigenvalue weighted by molar-refractivity contribution is 6.18. The van der Waals surface area contributed by atoms with E-state index in [0.717, 1.165) is 4.92 Å². The van der Waals surface area contributed by atoms with Gasteiger partial charge in [0, 0.05) is 0 Å². The van der Waals surface area contributed by atoms with E-state index in [1.165, 1.54) is 6.33 Å². The molecular formula is C6H4BN7. The van der Waals surface area contributed by atoms with Gasteiger partial charge >= 0.3 is 0 Å². The lowest BCUT2D eigenvalue weighted by Gasteiger charge is -2.11. The van der Waals surface area contributed by atoms with E-state index in [2.05, 4.69) is 19.9 Å². The van der Waals surface area contributed by atoms with Crippen molar-refractivity contribution >= 4 is 25.0 Å². The van der Waals surface area contributed by atoms with Gasteiger partial charge in [-0.25, -0.2) is 4.98 Å². The van der Waals surface area contributed by atoms with Gasteiger partial charge in [-0.2, -0.15) is 15.2 Å². The zero-order chi connectivity index (χ0) is 10.1. The van der Waals surface area contributed by atoms with E-state index in [-0.39, 0.29) is 11.6 Å². The summed E-state index contributed by atoms with van der Waals surface area (Å²) in [6.45, 7) is 0. The first-order chi connectivity index (χ1) is 6.72. The number of nitriles is 1. The predicted molar refractivity (Wildman–Crippen MR) is 48.8 cm³/mol.